The molecule has 0 spiro atoms. The first kappa shape index (κ1) is 13.8. The van der Waals surface area contributed by atoms with Crippen molar-refractivity contribution >= 4 is 5.69 Å². The standard InChI is InChI=1S/C18H21NO2/c1-12-5-6-14(13(2)9-12)11-19-15-7-8-16-17(10-15)21-18(3,4)20-16/h5-10,19H,11H2,1-4H3. The maximum Gasteiger partial charge on any atom is 0.246 e. The van der Waals surface area contributed by atoms with Crippen molar-refractivity contribution in [1.29, 1.82) is 0 Å². The van der Waals surface area contributed by atoms with Crippen LogP contribution in [0.1, 0.15) is 30.5 Å². The zero-order valence-electron chi connectivity index (χ0n) is 13.0. The Hall–Kier alpha value is -2.16. The molecule has 3 nitrogen and oxygen atoms in total. The molecule has 0 bridgehead atoms. The Kier molecular flexibility index (Phi) is 3.28. The van der Waals surface area contributed by atoms with E-state index in [4.69, 9.17) is 9.47 Å². The van der Waals surface area contributed by atoms with E-state index in [0.717, 1.165) is 23.7 Å². The fraction of sp³-hybridized carbons (Fsp3) is 0.333. The van der Waals surface area contributed by atoms with Crippen molar-refractivity contribution in [1.82, 2.24) is 0 Å². The molecule has 0 aromatic heterocycles. The van der Waals surface area contributed by atoms with E-state index in [9.17, 15) is 0 Å². The molecule has 1 heterocycles. The van der Waals surface area contributed by atoms with Gasteiger partial charge in [0.25, 0.3) is 0 Å². The van der Waals surface area contributed by atoms with Crippen molar-refractivity contribution in [3.05, 3.63) is 53.1 Å². The summed E-state index contributed by atoms with van der Waals surface area (Å²) >= 11 is 0. The zero-order chi connectivity index (χ0) is 15.0. The number of anilines is 1. The van der Waals surface area contributed by atoms with Crippen molar-refractivity contribution in [2.24, 2.45) is 0 Å². The average molecular weight is 283 g/mol. The molecular formula is C18H21NO2. The van der Waals surface area contributed by atoms with Gasteiger partial charge in [-0.15, -0.1) is 0 Å². The molecule has 3 heteroatoms. The van der Waals surface area contributed by atoms with Crippen molar-refractivity contribution in [3.8, 4) is 11.5 Å². The molecule has 110 valence electrons. The van der Waals surface area contributed by atoms with Crippen molar-refractivity contribution in [2.75, 3.05) is 5.32 Å². The highest BCUT2D eigenvalue weighted by Crippen LogP contribution is 2.40. The molecule has 0 amide bonds. The molecule has 1 aliphatic rings. The van der Waals surface area contributed by atoms with Crippen LogP contribution in [0.5, 0.6) is 11.5 Å². The van der Waals surface area contributed by atoms with E-state index in [1.54, 1.807) is 0 Å². The lowest BCUT2D eigenvalue weighted by atomic mass is 10.1. The van der Waals surface area contributed by atoms with Crippen LogP contribution < -0.4 is 14.8 Å². The molecule has 1 aliphatic heterocycles. The first-order valence-electron chi connectivity index (χ1n) is 7.25. The maximum atomic E-state index is 5.76. The van der Waals surface area contributed by atoms with Gasteiger partial charge in [0.1, 0.15) is 0 Å². The Morgan fingerprint density at radius 3 is 2.48 bits per heavy atom. The maximum absolute atomic E-state index is 5.76. The lowest BCUT2D eigenvalue weighted by Gasteiger charge is -2.16. The minimum absolute atomic E-state index is 0.575. The number of aryl methyl sites for hydroxylation is 2. The Balaban J connectivity index is 1.72. The number of fused-ring (bicyclic) bond motifs is 1. The van der Waals surface area contributed by atoms with Crippen molar-refractivity contribution in [2.45, 2.75) is 40.0 Å². The summed E-state index contributed by atoms with van der Waals surface area (Å²) in [4.78, 5) is 0. The van der Waals surface area contributed by atoms with Crippen LogP contribution in [0.15, 0.2) is 36.4 Å². The summed E-state index contributed by atoms with van der Waals surface area (Å²) < 4.78 is 11.5. The van der Waals surface area contributed by atoms with Crippen LogP contribution in [-0.4, -0.2) is 5.79 Å². The van der Waals surface area contributed by atoms with E-state index < -0.39 is 5.79 Å². The Labute approximate surface area is 125 Å². The number of nitrogens with one attached hydrogen (secondary N) is 1. The molecule has 0 atom stereocenters. The molecule has 2 aromatic carbocycles. The number of benzene rings is 2. The van der Waals surface area contributed by atoms with Gasteiger partial charge in [-0.1, -0.05) is 23.8 Å². The number of ether oxygens (including phenoxy) is 2. The first-order valence-corrected chi connectivity index (χ1v) is 7.25. The molecule has 21 heavy (non-hydrogen) atoms. The van der Waals surface area contributed by atoms with E-state index in [0.29, 0.717) is 0 Å². The first-order chi connectivity index (χ1) is 9.93. The number of hydrogen-bond donors (Lipinski definition) is 1. The lowest BCUT2D eigenvalue weighted by molar-refractivity contribution is -0.0431. The van der Waals surface area contributed by atoms with E-state index >= 15 is 0 Å². The third-order valence-corrected chi connectivity index (χ3v) is 3.64. The SMILES string of the molecule is Cc1ccc(CNc2ccc3c(c2)OC(C)(C)O3)c(C)c1. The number of rotatable bonds is 3. The molecule has 3 rings (SSSR count). The molecular weight excluding hydrogens is 262 g/mol. The molecule has 0 radical (unpaired) electrons. The topological polar surface area (TPSA) is 30.5 Å². The van der Waals surface area contributed by atoms with Crippen LogP contribution in [0.4, 0.5) is 5.69 Å². The van der Waals surface area contributed by atoms with Gasteiger partial charge >= 0.3 is 0 Å². The molecule has 2 aromatic rings. The van der Waals surface area contributed by atoms with Crippen LogP contribution in [0.3, 0.4) is 0 Å². The average Bonchev–Trinajstić information content (AvgIpc) is 2.70. The van der Waals surface area contributed by atoms with Gasteiger partial charge in [-0.3, -0.25) is 0 Å². The minimum atomic E-state index is -0.575. The highest BCUT2D eigenvalue weighted by molar-refractivity contribution is 5.56. The lowest BCUT2D eigenvalue weighted by Crippen LogP contribution is -2.29. The van der Waals surface area contributed by atoms with E-state index in [1.165, 1.54) is 16.7 Å². The molecule has 0 saturated heterocycles. The van der Waals surface area contributed by atoms with Gasteiger partial charge in [0.15, 0.2) is 11.5 Å². The normalized spacial score (nSPS) is 15.0. The second kappa shape index (κ2) is 4.99. The summed E-state index contributed by atoms with van der Waals surface area (Å²) in [6.07, 6.45) is 0. The molecule has 0 saturated carbocycles. The zero-order valence-corrected chi connectivity index (χ0v) is 13.0. The molecule has 1 N–H and O–H groups in total. The summed E-state index contributed by atoms with van der Waals surface area (Å²) in [6, 6.07) is 12.5. The molecule has 0 aliphatic carbocycles. The van der Waals surface area contributed by atoms with Crippen LogP contribution in [0.25, 0.3) is 0 Å². The van der Waals surface area contributed by atoms with E-state index in [1.807, 2.05) is 32.0 Å². The Morgan fingerprint density at radius 2 is 1.71 bits per heavy atom. The van der Waals surface area contributed by atoms with Gasteiger partial charge in [0.05, 0.1) is 0 Å². The summed E-state index contributed by atoms with van der Waals surface area (Å²) in [5.41, 5.74) is 4.94. The number of hydrogen-bond acceptors (Lipinski definition) is 3. The Bertz CT molecular complexity index is 677. The van der Waals surface area contributed by atoms with Gasteiger partial charge in [-0.05, 0) is 37.1 Å². The van der Waals surface area contributed by atoms with Crippen LogP contribution in [0, 0.1) is 13.8 Å². The smallest absolute Gasteiger partial charge is 0.246 e. The minimum Gasteiger partial charge on any atom is -0.449 e. The predicted molar refractivity (Wildman–Crippen MR) is 85.0 cm³/mol. The second-order valence-corrected chi connectivity index (χ2v) is 6.05. The van der Waals surface area contributed by atoms with Gasteiger partial charge in [-0.2, -0.15) is 0 Å². The second-order valence-electron chi connectivity index (χ2n) is 6.05. The van der Waals surface area contributed by atoms with E-state index in [2.05, 4.69) is 37.4 Å². The molecule has 0 unspecified atom stereocenters. The van der Waals surface area contributed by atoms with Crippen molar-refractivity contribution < 1.29 is 9.47 Å². The molecule has 0 fully saturated rings. The van der Waals surface area contributed by atoms with Gasteiger partial charge in [0, 0.05) is 32.1 Å². The van der Waals surface area contributed by atoms with Crippen LogP contribution >= 0.6 is 0 Å². The van der Waals surface area contributed by atoms with Gasteiger partial charge < -0.3 is 14.8 Å². The van der Waals surface area contributed by atoms with Crippen LogP contribution in [0.2, 0.25) is 0 Å². The Morgan fingerprint density at radius 1 is 0.952 bits per heavy atom. The quantitative estimate of drug-likeness (QED) is 0.904. The fourth-order valence-corrected chi connectivity index (χ4v) is 2.57. The largest absolute Gasteiger partial charge is 0.449 e. The third kappa shape index (κ3) is 2.97. The third-order valence-electron chi connectivity index (χ3n) is 3.64. The summed E-state index contributed by atoms with van der Waals surface area (Å²) in [5, 5.41) is 3.44. The van der Waals surface area contributed by atoms with Crippen molar-refractivity contribution in [3.63, 3.8) is 0 Å². The monoisotopic (exact) mass is 283 g/mol. The van der Waals surface area contributed by atoms with Gasteiger partial charge in [-0.25, -0.2) is 0 Å². The van der Waals surface area contributed by atoms with Gasteiger partial charge in [0.2, 0.25) is 5.79 Å². The predicted octanol–water partition coefficient (Wildman–Crippen LogP) is 4.42. The summed E-state index contributed by atoms with van der Waals surface area (Å²) in [7, 11) is 0. The highest BCUT2D eigenvalue weighted by Gasteiger charge is 2.31. The summed E-state index contributed by atoms with van der Waals surface area (Å²) in [6.45, 7) is 8.89. The fourth-order valence-electron chi connectivity index (χ4n) is 2.57. The highest BCUT2D eigenvalue weighted by atomic mass is 16.7. The van der Waals surface area contributed by atoms with Crippen LogP contribution in [-0.2, 0) is 6.54 Å². The van der Waals surface area contributed by atoms with E-state index in [-0.39, 0.29) is 0 Å². The summed E-state index contributed by atoms with van der Waals surface area (Å²) in [5.74, 6) is 1.02.